The summed E-state index contributed by atoms with van der Waals surface area (Å²) in [5, 5.41) is 12.1. The average molecular weight is 201 g/mol. The number of carboxylic acid groups (broad SMARTS) is 1. The van der Waals surface area contributed by atoms with Crippen molar-refractivity contribution in [1.82, 2.24) is 5.32 Å². The summed E-state index contributed by atoms with van der Waals surface area (Å²) in [7, 11) is 1.52. The summed E-state index contributed by atoms with van der Waals surface area (Å²) in [5.74, 6) is -0.191. The lowest BCUT2D eigenvalue weighted by Gasteiger charge is -2.31. The molecule has 0 heterocycles. The lowest BCUT2D eigenvalue weighted by molar-refractivity contribution is -0.146. The Morgan fingerprint density at radius 1 is 1.64 bits per heavy atom. The van der Waals surface area contributed by atoms with Gasteiger partial charge in [-0.1, -0.05) is 6.42 Å². The van der Waals surface area contributed by atoms with Crippen molar-refractivity contribution in [2.45, 2.75) is 31.7 Å². The van der Waals surface area contributed by atoms with Crippen molar-refractivity contribution in [2.24, 2.45) is 5.92 Å². The molecular formula is C10H19NO3. The fraction of sp³-hybridized carbons (Fsp3) is 0.900. The van der Waals surface area contributed by atoms with Crippen LogP contribution < -0.4 is 5.32 Å². The van der Waals surface area contributed by atoms with Gasteiger partial charge < -0.3 is 9.84 Å². The summed E-state index contributed by atoms with van der Waals surface area (Å²) in [6.45, 7) is 2.65. The Morgan fingerprint density at radius 2 is 2.29 bits per heavy atom. The molecule has 1 atom stereocenters. The fourth-order valence-corrected chi connectivity index (χ4v) is 1.54. The molecule has 0 aromatic heterocycles. The third-order valence-electron chi connectivity index (χ3n) is 2.91. The van der Waals surface area contributed by atoms with Gasteiger partial charge in [0.25, 0.3) is 0 Å². The van der Waals surface area contributed by atoms with E-state index >= 15 is 0 Å². The summed E-state index contributed by atoms with van der Waals surface area (Å²) in [4.78, 5) is 11.0. The number of carboxylic acids is 1. The van der Waals surface area contributed by atoms with Crippen LogP contribution in [0, 0.1) is 5.92 Å². The van der Waals surface area contributed by atoms with E-state index in [0.717, 1.165) is 6.54 Å². The van der Waals surface area contributed by atoms with Crippen molar-refractivity contribution in [3.8, 4) is 0 Å². The second kappa shape index (κ2) is 4.75. The second-order valence-electron chi connectivity index (χ2n) is 4.25. The normalized spacial score (nSPS) is 21.3. The number of nitrogens with one attached hydrogen (secondary N) is 1. The van der Waals surface area contributed by atoms with Crippen LogP contribution in [0.2, 0.25) is 0 Å². The summed E-state index contributed by atoms with van der Waals surface area (Å²) >= 11 is 0. The highest BCUT2D eigenvalue weighted by molar-refractivity contribution is 5.78. The second-order valence-corrected chi connectivity index (χ2v) is 4.25. The van der Waals surface area contributed by atoms with E-state index in [0.29, 0.717) is 5.92 Å². The minimum absolute atomic E-state index is 0.203. The molecule has 4 nitrogen and oxygen atoms in total. The maximum atomic E-state index is 11.0. The topological polar surface area (TPSA) is 58.6 Å². The van der Waals surface area contributed by atoms with E-state index in [4.69, 9.17) is 9.84 Å². The van der Waals surface area contributed by atoms with Crippen molar-refractivity contribution in [3.63, 3.8) is 0 Å². The molecular weight excluding hydrogens is 182 g/mol. The first kappa shape index (κ1) is 11.5. The molecule has 1 saturated carbocycles. The minimum atomic E-state index is -0.940. The van der Waals surface area contributed by atoms with E-state index in [1.165, 1.54) is 26.4 Å². The zero-order valence-corrected chi connectivity index (χ0v) is 8.88. The van der Waals surface area contributed by atoms with Gasteiger partial charge in [0.1, 0.15) is 5.54 Å². The predicted octanol–water partition coefficient (Wildman–Crippen LogP) is 0.866. The van der Waals surface area contributed by atoms with E-state index in [-0.39, 0.29) is 6.61 Å². The van der Waals surface area contributed by atoms with Gasteiger partial charge >= 0.3 is 5.97 Å². The van der Waals surface area contributed by atoms with Crippen LogP contribution in [0.4, 0.5) is 0 Å². The molecule has 0 radical (unpaired) electrons. The Labute approximate surface area is 84.6 Å². The number of methoxy groups -OCH3 is 1. The summed E-state index contributed by atoms with van der Waals surface area (Å²) in [6.07, 6.45) is 3.71. The molecule has 1 aliphatic carbocycles. The molecule has 1 rings (SSSR count). The van der Waals surface area contributed by atoms with Crippen LogP contribution in [0.5, 0.6) is 0 Å². The van der Waals surface area contributed by atoms with Gasteiger partial charge in [-0.25, -0.2) is 0 Å². The molecule has 1 unspecified atom stereocenters. The monoisotopic (exact) mass is 201 g/mol. The smallest absolute Gasteiger partial charge is 0.326 e. The van der Waals surface area contributed by atoms with Gasteiger partial charge in [0.05, 0.1) is 6.61 Å². The molecule has 82 valence electrons. The SMILES string of the molecule is COCC(C)(NCC1CCC1)C(=O)O. The molecule has 0 bridgehead atoms. The fourth-order valence-electron chi connectivity index (χ4n) is 1.54. The van der Waals surface area contributed by atoms with Crippen molar-refractivity contribution < 1.29 is 14.6 Å². The van der Waals surface area contributed by atoms with Crippen LogP contribution in [-0.4, -0.2) is 36.9 Å². The highest BCUT2D eigenvalue weighted by atomic mass is 16.5. The average Bonchev–Trinajstić information content (AvgIpc) is 2.01. The highest BCUT2D eigenvalue weighted by Crippen LogP contribution is 2.25. The van der Waals surface area contributed by atoms with E-state index in [1.54, 1.807) is 6.92 Å². The number of hydrogen-bond acceptors (Lipinski definition) is 3. The van der Waals surface area contributed by atoms with Crippen molar-refractivity contribution in [1.29, 1.82) is 0 Å². The molecule has 4 heteroatoms. The number of ether oxygens (including phenoxy) is 1. The summed E-state index contributed by atoms with van der Waals surface area (Å²) < 4.78 is 4.91. The van der Waals surface area contributed by atoms with Gasteiger partial charge in [0.15, 0.2) is 0 Å². The Kier molecular flexibility index (Phi) is 3.89. The lowest BCUT2D eigenvalue weighted by atomic mass is 9.85. The zero-order chi connectivity index (χ0) is 10.6. The van der Waals surface area contributed by atoms with Gasteiger partial charge in [0, 0.05) is 7.11 Å². The highest BCUT2D eigenvalue weighted by Gasteiger charge is 2.33. The van der Waals surface area contributed by atoms with Gasteiger partial charge in [-0.15, -0.1) is 0 Å². The molecule has 2 N–H and O–H groups in total. The number of rotatable bonds is 6. The molecule has 0 aromatic carbocycles. The summed E-state index contributed by atoms with van der Waals surface area (Å²) in [6, 6.07) is 0. The first-order valence-electron chi connectivity index (χ1n) is 5.06. The third-order valence-corrected chi connectivity index (χ3v) is 2.91. The van der Waals surface area contributed by atoms with Crippen molar-refractivity contribution in [2.75, 3.05) is 20.3 Å². The maximum Gasteiger partial charge on any atom is 0.326 e. The van der Waals surface area contributed by atoms with E-state index in [1.807, 2.05) is 0 Å². The standard InChI is InChI=1S/C10H19NO3/c1-10(7-14-2,9(12)13)11-6-8-4-3-5-8/h8,11H,3-7H2,1-2H3,(H,12,13). The third kappa shape index (κ3) is 2.69. The molecule has 1 aliphatic rings. The van der Waals surface area contributed by atoms with Crippen LogP contribution in [0.15, 0.2) is 0 Å². The molecule has 1 fully saturated rings. The lowest BCUT2D eigenvalue weighted by Crippen LogP contribution is -2.54. The van der Waals surface area contributed by atoms with Gasteiger partial charge in [-0.3, -0.25) is 10.1 Å². The number of hydrogen-bond donors (Lipinski definition) is 2. The van der Waals surface area contributed by atoms with Crippen molar-refractivity contribution in [3.05, 3.63) is 0 Å². The molecule has 0 aliphatic heterocycles. The van der Waals surface area contributed by atoms with Gasteiger partial charge in [-0.2, -0.15) is 0 Å². The van der Waals surface area contributed by atoms with Crippen LogP contribution in [0.25, 0.3) is 0 Å². The van der Waals surface area contributed by atoms with Crippen LogP contribution in [0.3, 0.4) is 0 Å². The largest absolute Gasteiger partial charge is 0.480 e. The van der Waals surface area contributed by atoms with Gasteiger partial charge in [0.2, 0.25) is 0 Å². The van der Waals surface area contributed by atoms with Crippen LogP contribution in [-0.2, 0) is 9.53 Å². The van der Waals surface area contributed by atoms with E-state index in [9.17, 15) is 4.79 Å². The Hall–Kier alpha value is -0.610. The Balaban J connectivity index is 2.37. The Morgan fingerprint density at radius 3 is 2.64 bits per heavy atom. The minimum Gasteiger partial charge on any atom is -0.480 e. The van der Waals surface area contributed by atoms with Crippen LogP contribution >= 0.6 is 0 Å². The van der Waals surface area contributed by atoms with Gasteiger partial charge in [-0.05, 0) is 32.2 Å². The quantitative estimate of drug-likeness (QED) is 0.669. The van der Waals surface area contributed by atoms with Crippen LogP contribution in [0.1, 0.15) is 26.2 Å². The van der Waals surface area contributed by atoms with E-state index < -0.39 is 11.5 Å². The molecule has 0 saturated heterocycles. The molecule has 0 spiro atoms. The first-order valence-corrected chi connectivity index (χ1v) is 5.06. The predicted molar refractivity (Wildman–Crippen MR) is 53.3 cm³/mol. The Bertz CT molecular complexity index is 204. The molecule has 14 heavy (non-hydrogen) atoms. The zero-order valence-electron chi connectivity index (χ0n) is 8.88. The van der Waals surface area contributed by atoms with E-state index in [2.05, 4.69) is 5.32 Å². The van der Waals surface area contributed by atoms with Crippen molar-refractivity contribution >= 4 is 5.97 Å². The number of aliphatic carboxylic acids is 1. The molecule has 0 aromatic rings. The molecule has 0 amide bonds. The summed E-state index contributed by atoms with van der Waals surface area (Å²) in [5.41, 5.74) is -0.940. The first-order chi connectivity index (χ1) is 6.58. The maximum absolute atomic E-state index is 11.0. The number of carbonyl (C=O) groups is 1.